The predicted molar refractivity (Wildman–Crippen MR) is 74.8 cm³/mol. The molecule has 0 aliphatic carbocycles. The molecule has 0 saturated carbocycles. The predicted octanol–water partition coefficient (Wildman–Crippen LogP) is 2.80. The first-order valence-electron chi connectivity index (χ1n) is 6.51. The standard InChI is InChI=1S/C13H23N3S/c1-9-6-5-7-16(11(9)3)13-15-10(2)12(17-13)8-14-4/h9,11,14H,5-8H2,1-4H3. The van der Waals surface area contributed by atoms with Crippen molar-refractivity contribution in [1.82, 2.24) is 10.3 Å². The molecular weight excluding hydrogens is 230 g/mol. The average molecular weight is 253 g/mol. The summed E-state index contributed by atoms with van der Waals surface area (Å²) in [6.07, 6.45) is 2.65. The van der Waals surface area contributed by atoms with Crippen LogP contribution in [0.25, 0.3) is 0 Å². The van der Waals surface area contributed by atoms with Crippen LogP contribution in [0.2, 0.25) is 0 Å². The molecule has 0 radical (unpaired) electrons. The van der Waals surface area contributed by atoms with E-state index < -0.39 is 0 Å². The van der Waals surface area contributed by atoms with Gasteiger partial charge < -0.3 is 10.2 Å². The van der Waals surface area contributed by atoms with Crippen LogP contribution >= 0.6 is 11.3 Å². The monoisotopic (exact) mass is 253 g/mol. The second-order valence-corrected chi connectivity index (χ2v) is 6.15. The van der Waals surface area contributed by atoms with Crippen molar-refractivity contribution in [2.24, 2.45) is 5.92 Å². The topological polar surface area (TPSA) is 28.2 Å². The number of hydrogen-bond donors (Lipinski definition) is 1. The van der Waals surface area contributed by atoms with E-state index in [0.29, 0.717) is 6.04 Å². The molecule has 0 spiro atoms. The summed E-state index contributed by atoms with van der Waals surface area (Å²) in [5.74, 6) is 0.778. The van der Waals surface area contributed by atoms with Crippen molar-refractivity contribution >= 4 is 16.5 Å². The molecule has 1 aromatic rings. The second kappa shape index (κ2) is 5.36. The van der Waals surface area contributed by atoms with Crippen molar-refractivity contribution in [3.8, 4) is 0 Å². The van der Waals surface area contributed by atoms with Crippen LogP contribution in [0.1, 0.15) is 37.3 Å². The number of piperidine rings is 1. The first-order valence-corrected chi connectivity index (χ1v) is 7.32. The van der Waals surface area contributed by atoms with Crippen LogP contribution in [0.4, 0.5) is 5.13 Å². The van der Waals surface area contributed by atoms with Crippen molar-refractivity contribution in [3.63, 3.8) is 0 Å². The third kappa shape index (κ3) is 2.63. The molecule has 2 rings (SSSR count). The van der Waals surface area contributed by atoms with Gasteiger partial charge in [0.05, 0.1) is 5.69 Å². The molecule has 4 heteroatoms. The molecule has 1 aliphatic heterocycles. The van der Waals surface area contributed by atoms with Gasteiger partial charge in [0.1, 0.15) is 0 Å². The van der Waals surface area contributed by atoms with E-state index in [4.69, 9.17) is 4.98 Å². The highest BCUT2D eigenvalue weighted by atomic mass is 32.1. The number of aryl methyl sites for hydroxylation is 1. The van der Waals surface area contributed by atoms with E-state index in [1.165, 1.54) is 28.5 Å². The Balaban J connectivity index is 2.18. The van der Waals surface area contributed by atoms with Crippen LogP contribution in [0.3, 0.4) is 0 Å². The molecule has 2 atom stereocenters. The zero-order valence-corrected chi connectivity index (χ0v) is 12.1. The van der Waals surface area contributed by atoms with E-state index in [1.54, 1.807) is 0 Å². The molecule has 1 fully saturated rings. The van der Waals surface area contributed by atoms with Crippen molar-refractivity contribution in [1.29, 1.82) is 0 Å². The zero-order chi connectivity index (χ0) is 12.4. The fraction of sp³-hybridized carbons (Fsp3) is 0.769. The Labute approximate surface area is 108 Å². The Bertz CT molecular complexity index is 375. The molecule has 0 amide bonds. The van der Waals surface area contributed by atoms with E-state index in [2.05, 4.69) is 31.0 Å². The maximum absolute atomic E-state index is 4.74. The van der Waals surface area contributed by atoms with Gasteiger partial charge in [-0.2, -0.15) is 0 Å². The summed E-state index contributed by atoms with van der Waals surface area (Å²) in [5.41, 5.74) is 1.18. The molecular formula is C13H23N3S. The minimum atomic E-state index is 0.622. The molecule has 1 aliphatic rings. The summed E-state index contributed by atoms with van der Waals surface area (Å²) in [6.45, 7) is 8.90. The van der Waals surface area contributed by atoms with E-state index in [0.717, 1.165) is 19.0 Å². The lowest BCUT2D eigenvalue weighted by atomic mass is 9.93. The molecule has 1 N–H and O–H groups in total. The smallest absolute Gasteiger partial charge is 0.186 e. The lowest BCUT2D eigenvalue weighted by Gasteiger charge is -2.37. The van der Waals surface area contributed by atoms with Gasteiger partial charge in [-0.05, 0) is 39.7 Å². The minimum absolute atomic E-state index is 0.622. The first-order chi connectivity index (χ1) is 8.13. The van der Waals surface area contributed by atoms with Crippen LogP contribution in [0, 0.1) is 12.8 Å². The second-order valence-electron chi connectivity index (χ2n) is 5.09. The van der Waals surface area contributed by atoms with Crippen LogP contribution in [-0.2, 0) is 6.54 Å². The van der Waals surface area contributed by atoms with Gasteiger partial charge in [-0.15, -0.1) is 11.3 Å². The summed E-state index contributed by atoms with van der Waals surface area (Å²) < 4.78 is 0. The third-order valence-corrected chi connectivity index (χ3v) is 5.03. The number of aromatic nitrogens is 1. The van der Waals surface area contributed by atoms with Gasteiger partial charge in [-0.3, -0.25) is 0 Å². The molecule has 2 unspecified atom stereocenters. The highest BCUT2D eigenvalue weighted by molar-refractivity contribution is 7.15. The van der Waals surface area contributed by atoms with Gasteiger partial charge in [0.25, 0.3) is 0 Å². The maximum Gasteiger partial charge on any atom is 0.186 e. The fourth-order valence-corrected chi connectivity index (χ4v) is 3.65. The highest BCUT2D eigenvalue weighted by Gasteiger charge is 2.27. The highest BCUT2D eigenvalue weighted by Crippen LogP contribution is 2.32. The summed E-state index contributed by atoms with van der Waals surface area (Å²) in [4.78, 5) is 8.60. The van der Waals surface area contributed by atoms with Crippen LogP contribution < -0.4 is 10.2 Å². The first kappa shape index (κ1) is 12.8. The van der Waals surface area contributed by atoms with E-state index >= 15 is 0 Å². The molecule has 96 valence electrons. The SMILES string of the molecule is CNCc1sc(N2CCCC(C)C2C)nc1C. The number of rotatable bonds is 3. The van der Waals surface area contributed by atoms with E-state index in [-0.39, 0.29) is 0 Å². The molecule has 0 bridgehead atoms. The average Bonchev–Trinajstić information content (AvgIpc) is 2.65. The molecule has 1 saturated heterocycles. The van der Waals surface area contributed by atoms with Gasteiger partial charge in [-0.1, -0.05) is 6.92 Å². The Morgan fingerprint density at radius 1 is 1.47 bits per heavy atom. The van der Waals surface area contributed by atoms with Crippen molar-refractivity contribution in [3.05, 3.63) is 10.6 Å². The molecule has 17 heavy (non-hydrogen) atoms. The number of thiazole rings is 1. The van der Waals surface area contributed by atoms with E-state index in [9.17, 15) is 0 Å². The largest absolute Gasteiger partial charge is 0.345 e. The number of nitrogens with one attached hydrogen (secondary N) is 1. The third-order valence-electron chi connectivity index (χ3n) is 3.84. The van der Waals surface area contributed by atoms with Crippen molar-refractivity contribution < 1.29 is 0 Å². The van der Waals surface area contributed by atoms with Gasteiger partial charge in [0, 0.05) is 24.0 Å². The summed E-state index contributed by atoms with van der Waals surface area (Å²) in [5, 5.41) is 4.43. The van der Waals surface area contributed by atoms with Crippen LogP contribution in [0.5, 0.6) is 0 Å². The molecule has 3 nitrogen and oxygen atoms in total. The summed E-state index contributed by atoms with van der Waals surface area (Å²) in [7, 11) is 1.99. The van der Waals surface area contributed by atoms with Crippen LogP contribution in [0.15, 0.2) is 0 Å². The maximum atomic E-state index is 4.74. The number of anilines is 1. The molecule has 0 aromatic carbocycles. The van der Waals surface area contributed by atoms with Crippen molar-refractivity contribution in [2.75, 3.05) is 18.5 Å². The summed E-state index contributed by atoms with van der Waals surface area (Å²) in [6, 6.07) is 0.622. The van der Waals surface area contributed by atoms with Gasteiger partial charge >= 0.3 is 0 Å². The normalized spacial score (nSPS) is 25.3. The Kier molecular flexibility index (Phi) is 4.05. The number of nitrogens with zero attached hydrogens (tertiary/aromatic N) is 2. The minimum Gasteiger partial charge on any atom is -0.345 e. The van der Waals surface area contributed by atoms with Crippen LogP contribution in [-0.4, -0.2) is 24.6 Å². The quantitative estimate of drug-likeness (QED) is 0.898. The summed E-state index contributed by atoms with van der Waals surface area (Å²) >= 11 is 1.85. The van der Waals surface area contributed by atoms with Gasteiger partial charge in [0.2, 0.25) is 0 Å². The molecule has 1 aromatic heterocycles. The Hall–Kier alpha value is -0.610. The van der Waals surface area contributed by atoms with Gasteiger partial charge in [0.15, 0.2) is 5.13 Å². The molecule has 2 heterocycles. The number of hydrogen-bond acceptors (Lipinski definition) is 4. The fourth-order valence-electron chi connectivity index (χ4n) is 2.47. The van der Waals surface area contributed by atoms with E-state index in [1.807, 2.05) is 18.4 Å². The Morgan fingerprint density at radius 3 is 2.94 bits per heavy atom. The zero-order valence-electron chi connectivity index (χ0n) is 11.3. The Morgan fingerprint density at radius 2 is 2.24 bits per heavy atom. The lowest BCUT2D eigenvalue weighted by Crippen LogP contribution is -2.42. The lowest BCUT2D eigenvalue weighted by molar-refractivity contribution is 0.363. The van der Waals surface area contributed by atoms with Crippen molar-refractivity contribution in [2.45, 2.75) is 46.2 Å². The van der Waals surface area contributed by atoms with Gasteiger partial charge in [-0.25, -0.2) is 4.98 Å².